The molecule has 31 heavy (non-hydrogen) atoms. The monoisotopic (exact) mass is 416 g/mol. The molecule has 0 saturated carbocycles. The van der Waals surface area contributed by atoms with Gasteiger partial charge in [0, 0.05) is 18.1 Å². The van der Waals surface area contributed by atoms with Crippen molar-refractivity contribution in [2.75, 3.05) is 0 Å². The standard InChI is InChI=1S/C24H20N2O5/c27-23(21-12-7-13-29-21)25-20(14-17-8-3-1-4-9-17)24(28)30-16-19-15-22(31-26-19)18-10-5-2-6-11-18/h1-13,15,20H,14,16H2,(H,25,27)/t20-/m0/s1. The Morgan fingerprint density at radius 3 is 2.42 bits per heavy atom. The molecule has 4 rings (SSSR count). The highest BCUT2D eigenvalue weighted by atomic mass is 16.5. The van der Waals surface area contributed by atoms with E-state index in [9.17, 15) is 9.59 Å². The van der Waals surface area contributed by atoms with Gasteiger partial charge in [-0.05, 0) is 17.7 Å². The molecular formula is C24H20N2O5. The maximum absolute atomic E-state index is 12.8. The van der Waals surface area contributed by atoms with E-state index in [2.05, 4.69) is 10.5 Å². The van der Waals surface area contributed by atoms with Gasteiger partial charge in [0.25, 0.3) is 5.91 Å². The lowest BCUT2D eigenvalue weighted by Crippen LogP contribution is -2.43. The molecule has 0 bridgehead atoms. The van der Waals surface area contributed by atoms with Gasteiger partial charge in [-0.2, -0.15) is 0 Å². The summed E-state index contributed by atoms with van der Waals surface area (Å²) >= 11 is 0. The van der Waals surface area contributed by atoms with Gasteiger partial charge < -0.3 is 19.0 Å². The summed E-state index contributed by atoms with van der Waals surface area (Å²) in [4.78, 5) is 25.2. The summed E-state index contributed by atoms with van der Waals surface area (Å²) in [5, 5.41) is 6.64. The van der Waals surface area contributed by atoms with E-state index in [1.54, 1.807) is 12.1 Å². The molecular weight excluding hydrogens is 396 g/mol. The SMILES string of the molecule is O=C(N[C@@H](Cc1ccccc1)C(=O)OCc1cc(-c2ccccc2)on1)c1ccco1. The molecule has 0 saturated heterocycles. The Hall–Kier alpha value is -4.13. The Labute approximate surface area is 178 Å². The fraction of sp³-hybridized carbons (Fsp3) is 0.125. The number of carbonyl (C=O) groups is 2. The van der Waals surface area contributed by atoms with E-state index in [0.29, 0.717) is 11.5 Å². The average Bonchev–Trinajstić information content (AvgIpc) is 3.51. The third-order valence-electron chi connectivity index (χ3n) is 4.60. The summed E-state index contributed by atoms with van der Waals surface area (Å²) in [5.74, 6) is -0.364. The van der Waals surface area contributed by atoms with Gasteiger partial charge in [-0.3, -0.25) is 4.79 Å². The van der Waals surface area contributed by atoms with Crippen LogP contribution in [0.4, 0.5) is 0 Å². The summed E-state index contributed by atoms with van der Waals surface area (Å²) in [7, 11) is 0. The van der Waals surface area contributed by atoms with Crippen LogP contribution in [0.2, 0.25) is 0 Å². The lowest BCUT2D eigenvalue weighted by molar-refractivity contribution is -0.147. The van der Waals surface area contributed by atoms with Crippen molar-refractivity contribution in [3.8, 4) is 11.3 Å². The molecule has 2 aromatic heterocycles. The normalized spacial score (nSPS) is 11.6. The molecule has 0 unspecified atom stereocenters. The van der Waals surface area contributed by atoms with E-state index in [-0.39, 0.29) is 18.8 Å². The van der Waals surface area contributed by atoms with Crippen molar-refractivity contribution in [2.45, 2.75) is 19.1 Å². The summed E-state index contributed by atoms with van der Waals surface area (Å²) < 4.78 is 15.9. The predicted molar refractivity (Wildman–Crippen MR) is 112 cm³/mol. The number of nitrogens with zero attached hydrogens (tertiary/aromatic N) is 1. The van der Waals surface area contributed by atoms with Crippen molar-refractivity contribution in [2.24, 2.45) is 0 Å². The van der Waals surface area contributed by atoms with Crippen LogP contribution in [-0.4, -0.2) is 23.1 Å². The van der Waals surface area contributed by atoms with Gasteiger partial charge in [-0.15, -0.1) is 0 Å². The molecule has 0 radical (unpaired) electrons. The fourth-order valence-corrected chi connectivity index (χ4v) is 3.04. The third kappa shape index (κ3) is 5.27. The van der Waals surface area contributed by atoms with Gasteiger partial charge in [0.1, 0.15) is 18.3 Å². The fourth-order valence-electron chi connectivity index (χ4n) is 3.04. The smallest absolute Gasteiger partial charge is 0.329 e. The minimum absolute atomic E-state index is 0.0723. The second-order valence-electron chi connectivity index (χ2n) is 6.85. The highest BCUT2D eigenvalue weighted by Crippen LogP contribution is 2.20. The molecule has 7 heteroatoms. The number of benzene rings is 2. The second kappa shape index (κ2) is 9.58. The molecule has 1 amide bonds. The van der Waals surface area contributed by atoms with Crippen LogP contribution in [-0.2, 0) is 22.6 Å². The lowest BCUT2D eigenvalue weighted by Gasteiger charge is -2.17. The number of carbonyl (C=O) groups excluding carboxylic acids is 2. The minimum atomic E-state index is -0.888. The van der Waals surface area contributed by atoms with Gasteiger partial charge >= 0.3 is 5.97 Å². The second-order valence-corrected chi connectivity index (χ2v) is 6.85. The highest BCUT2D eigenvalue weighted by molar-refractivity contribution is 5.94. The summed E-state index contributed by atoms with van der Waals surface area (Å²) in [6.07, 6.45) is 1.68. The van der Waals surface area contributed by atoms with Gasteiger partial charge in [0.2, 0.25) is 0 Å². The van der Waals surface area contributed by atoms with E-state index in [1.165, 1.54) is 12.3 Å². The van der Waals surface area contributed by atoms with E-state index in [1.807, 2.05) is 60.7 Å². The van der Waals surface area contributed by atoms with Gasteiger partial charge in [-0.25, -0.2) is 4.79 Å². The Balaban J connectivity index is 1.42. The van der Waals surface area contributed by atoms with Crippen molar-refractivity contribution in [3.05, 3.63) is 102 Å². The van der Waals surface area contributed by atoms with Crippen LogP contribution in [0.25, 0.3) is 11.3 Å². The number of hydrogen-bond acceptors (Lipinski definition) is 6. The number of ether oxygens (including phenoxy) is 1. The Bertz CT molecular complexity index is 1120. The van der Waals surface area contributed by atoms with Crippen molar-refractivity contribution < 1.29 is 23.3 Å². The van der Waals surface area contributed by atoms with Crippen molar-refractivity contribution >= 4 is 11.9 Å². The van der Waals surface area contributed by atoms with Crippen LogP contribution in [0, 0.1) is 0 Å². The summed E-state index contributed by atoms with van der Waals surface area (Å²) in [6, 6.07) is 22.8. The first-order valence-corrected chi connectivity index (χ1v) is 9.75. The quantitative estimate of drug-likeness (QED) is 0.436. The van der Waals surface area contributed by atoms with E-state index < -0.39 is 17.9 Å². The molecule has 156 valence electrons. The minimum Gasteiger partial charge on any atom is -0.459 e. The van der Waals surface area contributed by atoms with Crippen molar-refractivity contribution in [1.29, 1.82) is 0 Å². The number of amides is 1. The number of hydrogen-bond donors (Lipinski definition) is 1. The molecule has 0 aliphatic heterocycles. The van der Waals surface area contributed by atoms with E-state index in [0.717, 1.165) is 11.1 Å². The number of nitrogens with one attached hydrogen (secondary N) is 1. The summed E-state index contributed by atoms with van der Waals surface area (Å²) in [5.41, 5.74) is 2.24. The van der Waals surface area contributed by atoms with Crippen LogP contribution >= 0.6 is 0 Å². The Morgan fingerprint density at radius 1 is 0.968 bits per heavy atom. The molecule has 2 heterocycles. The molecule has 0 fully saturated rings. The molecule has 2 aromatic carbocycles. The maximum Gasteiger partial charge on any atom is 0.329 e. The largest absolute Gasteiger partial charge is 0.459 e. The van der Waals surface area contributed by atoms with Crippen molar-refractivity contribution in [3.63, 3.8) is 0 Å². The number of rotatable bonds is 8. The predicted octanol–water partition coefficient (Wildman–Crippen LogP) is 4.02. The first-order chi connectivity index (χ1) is 15.2. The molecule has 1 N–H and O–H groups in total. The molecule has 0 aliphatic rings. The van der Waals surface area contributed by atoms with Crippen LogP contribution in [0.5, 0.6) is 0 Å². The Kier molecular flexibility index (Phi) is 6.23. The van der Waals surface area contributed by atoms with Gasteiger partial charge in [-0.1, -0.05) is 65.8 Å². The van der Waals surface area contributed by atoms with Gasteiger partial charge in [0.05, 0.1) is 6.26 Å². The number of aromatic nitrogens is 1. The van der Waals surface area contributed by atoms with Gasteiger partial charge in [0.15, 0.2) is 11.5 Å². The molecule has 7 nitrogen and oxygen atoms in total. The van der Waals surface area contributed by atoms with E-state index >= 15 is 0 Å². The number of esters is 1. The molecule has 1 atom stereocenters. The molecule has 0 spiro atoms. The maximum atomic E-state index is 12.8. The topological polar surface area (TPSA) is 94.6 Å². The van der Waals surface area contributed by atoms with E-state index in [4.69, 9.17) is 13.7 Å². The Morgan fingerprint density at radius 2 is 1.71 bits per heavy atom. The first-order valence-electron chi connectivity index (χ1n) is 9.75. The van der Waals surface area contributed by atoms with Crippen LogP contribution in [0.3, 0.4) is 0 Å². The number of furan rings is 1. The first kappa shape index (κ1) is 20.2. The zero-order valence-corrected chi connectivity index (χ0v) is 16.6. The van der Waals surface area contributed by atoms with Crippen LogP contribution < -0.4 is 5.32 Å². The lowest BCUT2D eigenvalue weighted by atomic mass is 10.1. The zero-order chi connectivity index (χ0) is 21.5. The van der Waals surface area contributed by atoms with Crippen LogP contribution in [0.15, 0.2) is 94.1 Å². The molecule has 0 aliphatic carbocycles. The van der Waals surface area contributed by atoms with Crippen LogP contribution in [0.1, 0.15) is 21.8 Å². The highest BCUT2D eigenvalue weighted by Gasteiger charge is 2.25. The third-order valence-corrected chi connectivity index (χ3v) is 4.60. The van der Waals surface area contributed by atoms with Crippen molar-refractivity contribution in [1.82, 2.24) is 10.5 Å². The summed E-state index contributed by atoms with van der Waals surface area (Å²) in [6.45, 7) is -0.0723. The average molecular weight is 416 g/mol. The zero-order valence-electron chi connectivity index (χ0n) is 16.6. The molecule has 4 aromatic rings.